The Labute approximate surface area is 232 Å². The van der Waals surface area contributed by atoms with Crippen molar-refractivity contribution in [3.05, 3.63) is 115 Å². The zero-order valence-corrected chi connectivity index (χ0v) is 22.3. The monoisotopic (exact) mass is 556 g/mol. The molecule has 0 spiro atoms. The SMILES string of the molecule is O=S(=O)(Nc1ccc(CCNCC(O)c2cccnc2)cc1)c1ccc(-c2noc(Nc3ccccc3)n2)cc1. The van der Waals surface area contributed by atoms with Crippen molar-refractivity contribution in [3.63, 3.8) is 0 Å². The molecule has 0 saturated carbocycles. The van der Waals surface area contributed by atoms with E-state index in [0.29, 0.717) is 30.2 Å². The number of sulfonamides is 1. The zero-order valence-electron chi connectivity index (χ0n) is 21.4. The van der Waals surface area contributed by atoms with Gasteiger partial charge >= 0.3 is 6.01 Å². The minimum Gasteiger partial charge on any atom is -0.387 e. The number of hydrogen-bond donors (Lipinski definition) is 4. The van der Waals surface area contributed by atoms with Gasteiger partial charge in [0.2, 0.25) is 5.82 Å². The standard InChI is InChI=1S/C29H28N6O4S/c36-27(23-5-4-17-30-19-23)20-31-18-16-21-8-12-25(13-9-21)35-40(37,38)26-14-10-22(11-15-26)28-33-29(39-34-28)32-24-6-2-1-3-7-24/h1-15,17,19,27,31,35-36H,16,18,20H2,(H,32,33,34). The summed E-state index contributed by atoms with van der Waals surface area (Å²) < 4.78 is 33.7. The molecule has 0 aliphatic carbocycles. The van der Waals surface area contributed by atoms with E-state index in [0.717, 1.165) is 23.2 Å². The number of anilines is 3. The number of aromatic nitrogens is 3. The van der Waals surface area contributed by atoms with Crippen molar-refractivity contribution in [2.24, 2.45) is 0 Å². The Balaban J connectivity index is 1.12. The third kappa shape index (κ3) is 7.08. The number of hydrogen-bond acceptors (Lipinski definition) is 9. The van der Waals surface area contributed by atoms with Crippen LogP contribution in [0, 0.1) is 0 Å². The highest BCUT2D eigenvalue weighted by atomic mass is 32.2. The summed E-state index contributed by atoms with van der Waals surface area (Å²) in [7, 11) is -3.79. The van der Waals surface area contributed by atoms with Crippen LogP contribution in [0.1, 0.15) is 17.2 Å². The second-order valence-electron chi connectivity index (χ2n) is 9.00. The fourth-order valence-electron chi connectivity index (χ4n) is 3.94. The van der Waals surface area contributed by atoms with E-state index in [-0.39, 0.29) is 10.9 Å². The molecule has 0 amide bonds. The Bertz CT molecular complexity index is 1610. The van der Waals surface area contributed by atoms with Crippen LogP contribution in [-0.4, -0.2) is 41.7 Å². The molecule has 0 aliphatic heterocycles. The number of rotatable bonds is 12. The van der Waals surface area contributed by atoms with E-state index >= 15 is 0 Å². The first-order chi connectivity index (χ1) is 19.5. The second-order valence-corrected chi connectivity index (χ2v) is 10.7. The van der Waals surface area contributed by atoms with Crippen molar-refractivity contribution in [2.45, 2.75) is 17.4 Å². The van der Waals surface area contributed by atoms with E-state index in [1.807, 2.05) is 48.5 Å². The normalized spacial score (nSPS) is 12.1. The average molecular weight is 557 g/mol. The summed E-state index contributed by atoms with van der Waals surface area (Å²) >= 11 is 0. The maximum absolute atomic E-state index is 12.9. The Hall–Kier alpha value is -4.58. The van der Waals surface area contributed by atoms with Crippen LogP contribution < -0.4 is 15.4 Å². The Morgan fingerprint density at radius 3 is 2.38 bits per heavy atom. The summed E-state index contributed by atoms with van der Waals surface area (Å²) in [6.45, 7) is 1.08. The minimum atomic E-state index is -3.79. The molecule has 4 N–H and O–H groups in total. The van der Waals surface area contributed by atoms with Crippen molar-refractivity contribution in [3.8, 4) is 11.4 Å². The van der Waals surface area contributed by atoms with Gasteiger partial charge in [-0.1, -0.05) is 41.6 Å². The molecule has 204 valence electrons. The van der Waals surface area contributed by atoms with Gasteiger partial charge < -0.3 is 20.3 Å². The molecule has 0 radical (unpaired) electrons. The highest BCUT2D eigenvalue weighted by molar-refractivity contribution is 7.92. The minimum absolute atomic E-state index is 0.114. The number of benzene rings is 3. The first-order valence-corrected chi connectivity index (χ1v) is 14.1. The lowest BCUT2D eigenvalue weighted by Crippen LogP contribution is -2.23. The topological polar surface area (TPSA) is 142 Å². The fraction of sp³-hybridized carbons (Fsp3) is 0.138. The van der Waals surface area contributed by atoms with Crippen molar-refractivity contribution in [2.75, 3.05) is 23.1 Å². The van der Waals surface area contributed by atoms with E-state index in [1.54, 1.807) is 42.7 Å². The van der Waals surface area contributed by atoms with Crippen LogP contribution in [-0.2, 0) is 16.4 Å². The largest absolute Gasteiger partial charge is 0.387 e. The van der Waals surface area contributed by atoms with Gasteiger partial charge in [0, 0.05) is 41.4 Å². The van der Waals surface area contributed by atoms with E-state index < -0.39 is 16.1 Å². The molecular formula is C29H28N6O4S. The highest BCUT2D eigenvalue weighted by Crippen LogP contribution is 2.23. The first kappa shape index (κ1) is 27.0. The van der Waals surface area contributed by atoms with Crippen molar-refractivity contribution in [1.82, 2.24) is 20.4 Å². The quantitative estimate of drug-likeness (QED) is 0.163. The van der Waals surface area contributed by atoms with E-state index in [4.69, 9.17) is 4.52 Å². The lowest BCUT2D eigenvalue weighted by atomic mass is 10.1. The summed E-state index contributed by atoms with van der Waals surface area (Å²) in [6.07, 6.45) is 3.42. The van der Waals surface area contributed by atoms with Crippen LogP contribution in [0.15, 0.2) is 113 Å². The molecule has 0 bridgehead atoms. The molecule has 5 rings (SSSR count). The second kappa shape index (κ2) is 12.5. The van der Waals surface area contributed by atoms with Gasteiger partial charge in [-0.3, -0.25) is 9.71 Å². The molecule has 1 atom stereocenters. The number of aliphatic hydroxyl groups is 1. The fourth-order valence-corrected chi connectivity index (χ4v) is 4.99. The molecule has 0 fully saturated rings. The lowest BCUT2D eigenvalue weighted by Gasteiger charge is -2.12. The highest BCUT2D eigenvalue weighted by Gasteiger charge is 2.16. The van der Waals surface area contributed by atoms with Gasteiger partial charge in [0.1, 0.15) is 0 Å². The van der Waals surface area contributed by atoms with Crippen LogP contribution >= 0.6 is 0 Å². The smallest absolute Gasteiger partial charge is 0.326 e. The number of nitrogens with one attached hydrogen (secondary N) is 3. The lowest BCUT2D eigenvalue weighted by molar-refractivity contribution is 0.174. The molecule has 0 aliphatic rings. The maximum Gasteiger partial charge on any atom is 0.326 e. The van der Waals surface area contributed by atoms with Gasteiger partial charge in [-0.15, -0.1) is 0 Å². The van der Waals surface area contributed by atoms with Gasteiger partial charge in [-0.25, -0.2) is 8.42 Å². The molecule has 11 heteroatoms. The first-order valence-electron chi connectivity index (χ1n) is 12.6. The van der Waals surface area contributed by atoms with E-state index in [9.17, 15) is 13.5 Å². The molecule has 40 heavy (non-hydrogen) atoms. The van der Waals surface area contributed by atoms with E-state index in [2.05, 4.69) is 30.5 Å². The van der Waals surface area contributed by atoms with Gasteiger partial charge in [-0.2, -0.15) is 4.98 Å². The Morgan fingerprint density at radius 1 is 0.875 bits per heavy atom. The molecule has 3 aromatic carbocycles. The number of para-hydroxylation sites is 1. The van der Waals surface area contributed by atoms with Crippen LogP contribution in [0.4, 0.5) is 17.4 Å². The number of aliphatic hydroxyl groups excluding tert-OH is 1. The van der Waals surface area contributed by atoms with Crippen LogP contribution in [0.2, 0.25) is 0 Å². The van der Waals surface area contributed by atoms with Gasteiger partial charge in [0.15, 0.2) is 0 Å². The summed E-state index contributed by atoms with van der Waals surface area (Å²) in [5.74, 6) is 0.340. The van der Waals surface area contributed by atoms with Crippen molar-refractivity contribution in [1.29, 1.82) is 0 Å². The van der Waals surface area contributed by atoms with Gasteiger partial charge in [0.25, 0.3) is 10.0 Å². The number of nitrogens with zero attached hydrogens (tertiary/aromatic N) is 3. The molecule has 2 aromatic heterocycles. The van der Waals surface area contributed by atoms with Crippen molar-refractivity contribution < 1.29 is 18.0 Å². The average Bonchev–Trinajstić information content (AvgIpc) is 3.45. The predicted octanol–water partition coefficient (Wildman–Crippen LogP) is 4.54. The summed E-state index contributed by atoms with van der Waals surface area (Å²) in [5, 5.41) is 20.4. The molecule has 0 saturated heterocycles. The maximum atomic E-state index is 12.9. The van der Waals surface area contributed by atoms with Gasteiger partial charge in [-0.05, 0) is 73.1 Å². The Morgan fingerprint density at radius 2 is 1.65 bits per heavy atom. The van der Waals surface area contributed by atoms with Crippen molar-refractivity contribution >= 4 is 27.4 Å². The van der Waals surface area contributed by atoms with Crippen LogP contribution in [0.25, 0.3) is 11.4 Å². The molecule has 10 nitrogen and oxygen atoms in total. The van der Waals surface area contributed by atoms with Crippen LogP contribution in [0.3, 0.4) is 0 Å². The molecular weight excluding hydrogens is 528 g/mol. The predicted molar refractivity (Wildman–Crippen MR) is 152 cm³/mol. The molecule has 1 unspecified atom stereocenters. The third-order valence-corrected chi connectivity index (χ3v) is 7.47. The summed E-state index contributed by atoms with van der Waals surface area (Å²) in [5.41, 5.74) is 3.70. The Kier molecular flexibility index (Phi) is 8.45. The van der Waals surface area contributed by atoms with E-state index in [1.165, 1.54) is 12.1 Å². The molecule has 5 aromatic rings. The van der Waals surface area contributed by atoms with Crippen LogP contribution in [0.5, 0.6) is 0 Å². The molecule has 2 heterocycles. The van der Waals surface area contributed by atoms with Gasteiger partial charge in [0.05, 0.1) is 11.0 Å². The third-order valence-electron chi connectivity index (χ3n) is 6.08. The number of pyridine rings is 1. The zero-order chi connectivity index (χ0) is 27.8. The summed E-state index contributed by atoms with van der Waals surface area (Å²) in [4.78, 5) is 8.45. The summed E-state index contributed by atoms with van der Waals surface area (Å²) in [6, 6.07) is 26.8.